The molecule has 1 aromatic rings. The Hall–Kier alpha value is -0.900. The van der Waals surface area contributed by atoms with Gasteiger partial charge in [-0.3, -0.25) is 4.90 Å². The van der Waals surface area contributed by atoms with Crippen molar-refractivity contribution in [2.75, 3.05) is 7.05 Å². The van der Waals surface area contributed by atoms with E-state index in [1.54, 1.807) is 0 Å². The predicted molar refractivity (Wildman–Crippen MR) is 68.7 cm³/mol. The van der Waals surface area contributed by atoms with Crippen LogP contribution in [0.5, 0.6) is 0 Å². The molecule has 0 radical (unpaired) electrons. The molecule has 0 saturated heterocycles. The van der Waals surface area contributed by atoms with Crippen LogP contribution in [0.3, 0.4) is 0 Å². The van der Waals surface area contributed by atoms with Gasteiger partial charge in [0.1, 0.15) is 0 Å². The van der Waals surface area contributed by atoms with Crippen molar-refractivity contribution < 1.29 is 4.52 Å². The number of aryl methyl sites for hydroxylation is 1. The number of hydrogen-bond acceptors (Lipinski definition) is 4. The van der Waals surface area contributed by atoms with E-state index < -0.39 is 0 Å². The van der Waals surface area contributed by atoms with Crippen LogP contribution in [-0.4, -0.2) is 28.1 Å². The van der Waals surface area contributed by atoms with Crippen molar-refractivity contribution in [1.29, 1.82) is 0 Å². The molecule has 0 amide bonds. The molecule has 1 atom stereocenters. The normalized spacial score (nSPS) is 13.6. The Labute approximate surface area is 104 Å². The minimum Gasteiger partial charge on any atom is -0.338 e. The lowest BCUT2D eigenvalue weighted by atomic mass is 10.0. The van der Waals surface area contributed by atoms with Crippen LogP contribution < -0.4 is 0 Å². The Balaban J connectivity index is 2.46. The highest BCUT2D eigenvalue weighted by atomic mass is 16.5. The fourth-order valence-electron chi connectivity index (χ4n) is 1.91. The van der Waals surface area contributed by atoms with Gasteiger partial charge in [-0.1, -0.05) is 25.9 Å². The van der Waals surface area contributed by atoms with E-state index in [4.69, 9.17) is 4.52 Å². The Morgan fingerprint density at radius 2 is 2.00 bits per heavy atom. The second-order valence-corrected chi connectivity index (χ2v) is 5.25. The molecule has 1 rings (SSSR count). The topological polar surface area (TPSA) is 42.2 Å². The first-order valence-electron chi connectivity index (χ1n) is 6.54. The predicted octanol–water partition coefficient (Wildman–Crippen LogP) is 2.89. The molecule has 0 aliphatic carbocycles. The maximum absolute atomic E-state index is 5.24. The fraction of sp³-hybridized carbons (Fsp3) is 0.846. The zero-order chi connectivity index (χ0) is 12.8. The number of rotatable bonds is 7. The van der Waals surface area contributed by atoms with Gasteiger partial charge >= 0.3 is 0 Å². The highest BCUT2D eigenvalue weighted by Crippen LogP contribution is 2.12. The molecule has 98 valence electrons. The third-order valence-corrected chi connectivity index (χ3v) is 2.93. The van der Waals surface area contributed by atoms with E-state index in [9.17, 15) is 0 Å². The third kappa shape index (κ3) is 4.86. The van der Waals surface area contributed by atoms with Crippen LogP contribution in [-0.2, 0) is 13.0 Å². The van der Waals surface area contributed by atoms with Crippen LogP contribution in [0.4, 0.5) is 0 Å². The Morgan fingerprint density at radius 3 is 2.59 bits per heavy atom. The van der Waals surface area contributed by atoms with E-state index in [1.807, 2.05) is 0 Å². The van der Waals surface area contributed by atoms with Gasteiger partial charge < -0.3 is 4.52 Å². The zero-order valence-electron chi connectivity index (χ0n) is 11.7. The summed E-state index contributed by atoms with van der Waals surface area (Å²) in [5.41, 5.74) is 0. The zero-order valence-corrected chi connectivity index (χ0v) is 11.7. The largest absolute Gasteiger partial charge is 0.338 e. The molecule has 1 aromatic heterocycles. The summed E-state index contributed by atoms with van der Waals surface area (Å²) in [6.45, 7) is 9.59. The molecule has 1 heterocycles. The molecular formula is C13H25N3O. The standard InChI is InChI=1S/C13H25N3O/c1-6-7-12-14-13(17-15-12)9-16(5)11(4)8-10(2)3/h10-11H,6-9H2,1-5H3. The van der Waals surface area contributed by atoms with Gasteiger partial charge in [-0.15, -0.1) is 0 Å². The van der Waals surface area contributed by atoms with Gasteiger partial charge in [-0.05, 0) is 32.7 Å². The molecule has 17 heavy (non-hydrogen) atoms. The van der Waals surface area contributed by atoms with Crippen LogP contribution in [0.2, 0.25) is 0 Å². The average molecular weight is 239 g/mol. The average Bonchev–Trinajstić information content (AvgIpc) is 2.65. The number of hydrogen-bond donors (Lipinski definition) is 0. The minimum atomic E-state index is 0.538. The van der Waals surface area contributed by atoms with E-state index in [0.29, 0.717) is 12.0 Å². The van der Waals surface area contributed by atoms with Crippen LogP contribution >= 0.6 is 0 Å². The highest BCUT2D eigenvalue weighted by Gasteiger charge is 2.14. The SMILES string of the molecule is CCCc1noc(CN(C)C(C)CC(C)C)n1. The van der Waals surface area contributed by atoms with Gasteiger partial charge in [-0.2, -0.15) is 4.98 Å². The van der Waals surface area contributed by atoms with Crippen molar-refractivity contribution in [3.05, 3.63) is 11.7 Å². The number of nitrogens with zero attached hydrogens (tertiary/aromatic N) is 3. The summed E-state index contributed by atoms with van der Waals surface area (Å²) in [7, 11) is 2.11. The minimum absolute atomic E-state index is 0.538. The van der Waals surface area contributed by atoms with Crippen molar-refractivity contribution in [2.45, 2.75) is 59.5 Å². The molecule has 0 aliphatic heterocycles. The summed E-state index contributed by atoms with van der Waals surface area (Å²) < 4.78 is 5.24. The van der Waals surface area contributed by atoms with Gasteiger partial charge in [0.05, 0.1) is 6.54 Å². The summed E-state index contributed by atoms with van der Waals surface area (Å²) in [5.74, 6) is 2.27. The Kier molecular flexibility index (Phi) is 5.62. The quantitative estimate of drug-likeness (QED) is 0.733. The van der Waals surface area contributed by atoms with E-state index in [2.05, 4.69) is 49.8 Å². The van der Waals surface area contributed by atoms with Crippen molar-refractivity contribution in [3.63, 3.8) is 0 Å². The number of aromatic nitrogens is 2. The second-order valence-electron chi connectivity index (χ2n) is 5.25. The van der Waals surface area contributed by atoms with Crippen LogP contribution in [0.25, 0.3) is 0 Å². The van der Waals surface area contributed by atoms with Gasteiger partial charge in [0.2, 0.25) is 5.89 Å². The summed E-state index contributed by atoms with van der Waals surface area (Å²) in [4.78, 5) is 6.65. The van der Waals surface area contributed by atoms with Crippen LogP contribution in [0, 0.1) is 5.92 Å². The molecule has 1 unspecified atom stereocenters. The Bertz CT molecular complexity index is 322. The first-order chi connectivity index (χ1) is 8.02. The lowest BCUT2D eigenvalue weighted by molar-refractivity contribution is 0.194. The van der Waals surface area contributed by atoms with Crippen LogP contribution in [0.1, 0.15) is 52.3 Å². The van der Waals surface area contributed by atoms with E-state index >= 15 is 0 Å². The molecule has 4 nitrogen and oxygen atoms in total. The van der Waals surface area contributed by atoms with Crippen LogP contribution in [0.15, 0.2) is 4.52 Å². The van der Waals surface area contributed by atoms with Crippen molar-refractivity contribution >= 4 is 0 Å². The second kappa shape index (κ2) is 6.74. The van der Waals surface area contributed by atoms with Crippen molar-refractivity contribution in [1.82, 2.24) is 15.0 Å². The monoisotopic (exact) mass is 239 g/mol. The lowest BCUT2D eigenvalue weighted by Gasteiger charge is -2.24. The van der Waals surface area contributed by atoms with E-state index in [0.717, 1.165) is 31.1 Å². The smallest absolute Gasteiger partial charge is 0.240 e. The molecule has 0 N–H and O–H groups in total. The van der Waals surface area contributed by atoms with Gasteiger partial charge in [0.15, 0.2) is 5.82 Å². The molecule has 0 aliphatic rings. The molecule has 0 fully saturated rings. The van der Waals surface area contributed by atoms with Gasteiger partial charge in [0, 0.05) is 12.5 Å². The summed E-state index contributed by atoms with van der Waals surface area (Å²) >= 11 is 0. The maximum atomic E-state index is 5.24. The molecule has 4 heteroatoms. The van der Waals surface area contributed by atoms with E-state index in [1.165, 1.54) is 6.42 Å². The third-order valence-electron chi connectivity index (χ3n) is 2.93. The maximum Gasteiger partial charge on any atom is 0.240 e. The summed E-state index contributed by atoms with van der Waals surface area (Å²) in [6.07, 6.45) is 3.14. The molecule has 0 saturated carbocycles. The highest BCUT2D eigenvalue weighted by molar-refractivity contribution is 4.86. The van der Waals surface area contributed by atoms with Crippen molar-refractivity contribution in [3.8, 4) is 0 Å². The summed E-state index contributed by atoms with van der Waals surface area (Å²) in [5, 5.41) is 3.97. The first-order valence-corrected chi connectivity index (χ1v) is 6.54. The van der Waals surface area contributed by atoms with E-state index in [-0.39, 0.29) is 0 Å². The lowest BCUT2D eigenvalue weighted by Crippen LogP contribution is -2.29. The van der Waals surface area contributed by atoms with Crippen molar-refractivity contribution in [2.24, 2.45) is 5.92 Å². The Morgan fingerprint density at radius 1 is 1.29 bits per heavy atom. The summed E-state index contributed by atoms with van der Waals surface area (Å²) in [6, 6.07) is 0.538. The van der Waals surface area contributed by atoms with Gasteiger partial charge in [-0.25, -0.2) is 0 Å². The fourth-order valence-corrected chi connectivity index (χ4v) is 1.91. The van der Waals surface area contributed by atoms with Gasteiger partial charge in [0.25, 0.3) is 0 Å². The molecule has 0 bridgehead atoms. The first kappa shape index (κ1) is 14.2. The molecule has 0 spiro atoms. The molecule has 0 aromatic carbocycles. The molecular weight excluding hydrogens is 214 g/mol.